The predicted molar refractivity (Wildman–Crippen MR) is 124 cm³/mol. The molecule has 0 amide bonds. The number of aryl methyl sites for hydroxylation is 1. The second-order valence-corrected chi connectivity index (χ2v) is 8.74. The van der Waals surface area contributed by atoms with Crippen molar-refractivity contribution in [3.05, 3.63) is 76.6 Å². The van der Waals surface area contributed by atoms with Crippen molar-refractivity contribution in [2.75, 3.05) is 7.11 Å². The van der Waals surface area contributed by atoms with Crippen LogP contribution in [0.15, 0.2) is 53.7 Å². The summed E-state index contributed by atoms with van der Waals surface area (Å²) in [4.78, 5) is 11.6. The van der Waals surface area contributed by atoms with Crippen LogP contribution in [0.1, 0.15) is 59.2 Å². The Morgan fingerprint density at radius 3 is 2.35 bits per heavy atom. The molecule has 1 aromatic heterocycles. The molecular weight excluding hydrogens is 408 g/mol. The average Bonchev–Trinajstić information content (AvgIpc) is 3.20. The van der Waals surface area contributed by atoms with E-state index in [1.807, 2.05) is 12.1 Å². The number of hydrogen-bond donors (Lipinski definition) is 1. The highest BCUT2D eigenvalue weighted by molar-refractivity contribution is 7.98. The molecule has 0 spiro atoms. The van der Waals surface area contributed by atoms with Gasteiger partial charge < -0.3 is 15.0 Å². The highest BCUT2D eigenvalue weighted by Crippen LogP contribution is 2.28. The lowest BCUT2D eigenvalue weighted by Gasteiger charge is -2.19. The van der Waals surface area contributed by atoms with Gasteiger partial charge in [0, 0.05) is 5.75 Å². The number of carbonyl (C=O) groups excluding carboxylic acids is 1. The van der Waals surface area contributed by atoms with E-state index < -0.39 is 0 Å². The number of ether oxygens (including phenoxy) is 1. The summed E-state index contributed by atoms with van der Waals surface area (Å²) in [6.45, 7) is 7.04. The number of rotatable bonds is 9. The topological polar surface area (TPSA) is 83.0 Å². The van der Waals surface area contributed by atoms with Crippen molar-refractivity contribution >= 4 is 17.7 Å². The first-order valence-corrected chi connectivity index (χ1v) is 11.5. The van der Waals surface area contributed by atoms with Gasteiger partial charge in [-0.2, -0.15) is 0 Å². The van der Waals surface area contributed by atoms with Crippen LogP contribution in [-0.2, 0) is 17.0 Å². The molecule has 3 rings (SSSR count). The highest BCUT2D eigenvalue weighted by atomic mass is 32.2. The number of esters is 1. The fourth-order valence-electron chi connectivity index (χ4n) is 3.19. The normalized spacial score (nSPS) is 13.1. The highest BCUT2D eigenvalue weighted by Gasteiger charge is 2.22. The van der Waals surface area contributed by atoms with Crippen LogP contribution in [-0.4, -0.2) is 27.8 Å². The molecule has 0 aliphatic heterocycles. The van der Waals surface area contributed by atoms with Crippen LogP contribution in [0.4, 0.5) is 0 Å². The van der Waals surface area contributed by atoms with Crippen molar-refractivity contribution in [3.8, 4) is 0 Å². The van der Waals surface area contributed by atoms with Gasteiger partial charge in [0.1, 0.15) is 0 Å². The fourth-order valence-corrected chi connectivity index (χ4v) is 4.09. The second-order valence-electron chi connectivity index (χ2n) is 7.80. The number of nitrogens with two attached hydrogens (primary N) is 1. The molecule has 2 N–H and O–H groups in total. The van der Waals surface area contributed by atoms with Gasteiger partial charge in [0.2, 0.25) is 0 Å². The van der Waals surface area contributed by atoms with Gasteiger partial charge in [-0.25, -0.2) is 4.79 Å². The van der Waals surface area contributed by atoms with Gasteiger partial charge >= 0.3 is 5.97 Å². The van der Waals surface area contributed by atoms with E-state index in [1.54, 1.807) is 23.9 Å². The molecule has 0 unspecified atom stereocenters. The monoisotopic (exact) mass is 438 g/mol. The Morgan fingerprint density at radius 1 is 1.10 bits per heavy atom. The Morgan fingerprint density at radius 2 is 1.74 bits per heavy atom. The molecule has 0 saturated heterocycles. The fraction of sp³-hybridized carbons (Fsp3) is 0.375. The zero-order chi connectivity index (χ0) is 22.4. The van der Waals surface area contributed by atoms with Gasteiger partial charge in [-0.05, 0) is 36.1 Å². The van der Waals surface area contributed by atoms with Crippen LogP contribution in [0.3, 0.4) is 0 Å². The molecule has 0 aliphatic carbocycles. The largest absolute Gasteiger partial charge is 0.465 e. The summed E-state index contributed by atoms with van der Waals surface area (Å²) < 4.78 is 6.90. The van der Waals surface area contributed by atoms with Gasteiger partial charge in [-0.15, -0.1) is 10.2 Å². The van der Waals surface area contributed by atoms with Crippen molar-refractivity contribution < 1.29 is 9.53 Å². The van der Waals surface area contributed by atoms with E-state index >= 15 is 0 Å². The van der Waals surface area contributed by atoms with E-state index in [2.05, 4.69) is 59.8 Å². The van der Waals surface area contributed by atoms with Crippen molar-refractivity contribution in [1.29, 1.82) is 0 Å². The number of carbonyl (C=O) groups is 1. The Hall–Kier alpha value is -2.64. The number of methoxy groups -OCH3 is 1. The van der Waals surface area contributed by atoms with Crippen molar-refractivity contribution in [2.24, 2.45) is 11.7 Å². The summed E-state index contributed by atoms with van der Waals surface area (Å²) in [7, 11) is 1.38. The number of thioether (sulfide) groups is 1. The number of hydrogen-bond acceptors (Lipinski definition) is 6. The first kappa shape index (κ1) is 23.0. The molecule has 7 heteroatoms. The standard InChI is InChI=1S/C24H30N4O2S/c1-5-17(3)21(25)22-26-27-24(28(22)14-18-8-6-16(2)7-9-18)31-15-19-10-12-20(13-11-19)23(29)30-4/h6-13,17,21H,5,14-15,25H2,1-4H3/t17-,21+/m0/s1. The number of nitrogens with zero attached hydrogens (tertiary/aromatic N) is 3. The maximum Gasteiger partial charge on any atom is 0.337 e. The maximum atomic E-state index is 11.6. The molecule has 0 radical (unpaired) electrons. The lowest BCUT2D eigenvalue weighted by Crippen LogP contribution is -2.23. The van der Waals surface area contributed by atoms with Gasteiger partial charge in [0.15, 0.2) is 11.0 Å². The average molecular weight is 439 g/mol. The molecule has 6 nitrogen and oxygen atoms in total. The molecule has 164 valence electrons. The molecule has 0 fully saturated rings. The smallest absolute Gasteiger partial charge is 0.337 e. The van der Waals surface area contributed by atoms with Gasteiger partial charge in [0.25, 0.3) is 0 Å². The van der Waals surface area contributed by atoms with Crippen LogP contribution >= 0.6 is 11.8 Å². The lowest BCUT2D eigenvalue weighted by atomic mass is 9.99. The minimum Gasteiger partial charge on any atom is -0.465 e. The molecule has 3 aromatic rings. The van der Waals surface area contributed by atoms with Crippen molar-refractivity contribution in [2.45, 2.75) is 50.7 Å². The molecule has 0 bridgehead atoms. The third kappa shape index (κ3) is 5.74. The van der Waals surface area contributed by atoms with Gasteiger partial charge in [-0.1, -0.05) is 74.0 Å². The van der Waals surface area contributed by atoms with Crippen molar-refractivity contribution in [3.63, 3.8) is 0 Å². The van der Waals surface area contributed by atoms with E-state index in [9.17, 15) is 4.79 Å². The van der Waals surface area contributed by atoms with Crippen LogP contribution < -0.4 is 5.73 Å². The zero-order valence-electron chi connectivity index (χ0n) is 18.5. The zero-order valence-corrected chi connectivity index (χ0v) is 19.4. The van der Waals surface area contributed by atoms with Crippen LogP contribution in [0, 0.1) is 12.8 Å². The quantitative estimate of drug-likeness (QED) is 0.383. The molecule has 0 saturated carbocycles. The van der Waals surface area contributed by atoms with Crippen LogP contribution in [0.2, 0.25) is 0 Å². The van der Waals surface area contributed by atoms with E-state index in [0.717, 1.165) is 23.0 Å². The minimum atomic E-state index is -0.333. The van der Waals surface area contributed by atoms with E-state index in [0.29, 0.717) is 23.8 Å². The first-order chi connectivity index (χ1) is 14.9. The molecule has 2 atom stereocenters. The second kappa shape index (κ2) is 10.6. The van der Waals surface area contributed by atoms with Crippen LogP contribution in [0.25, 0.3) is 0 Å². The third-order valence-electron chi connectivity index (χ3n) is 5.50. The Kier molecular flexibility index (Phi) is 7.87. The summed E-state index contributed by atoms with van der Waals surface area (Å²) in [6, 6.07) is 15.8. The molecule has 2 aromatic carbocycles. The Labute approximate surface area is 188 Å². The van der Waals surface area contributed by atoms with Crippen LogP contribution in [0.5, 0.6) is 0 Å². The maximum absolute atomic E-state index is 11.6. The SMILES string of the molecule is CC[C@H](C)[C@@H](N)c1nnc(SCc2ccc(C(=O)OC)cc2)n1Cc1ccc(C)cc1. The molecule has 31 heavy (non-hydrogen) atoms. The number of benzene rings is 2. The Balaban J connectivity index is 1.82. The molecular formula is C24H30N4O2S. The predicted octanol–water partition coefficient (Wildman–Crippen LogP) is 4.76. The van der Waals surface area contributed by atoms with E-state index in [-0.39, 0.29) is 12.0 Å². The summed E-state index contributed by atoms with van der Waals surface area (Å²) in [6.07, 6.45) is 0.980. The number of aromatic nitrogens is 3. The van der Waals surface area contributed by atoms with E-state index in [4.69, 9.17) is 10.5 Å². The van der Waals surface area contributed by atoms with Gasteiger partial charge in [-0.3, -0.25) is 0 Å². The van der Waals surface area contributed by atoms with Crippen molar-refractivity contribution in [1.82, 2.24) is 14.8 Å². The van der Waals surface area contributed by atoms with Gasteiger partial charge in [0.05, 0.1) is 25.3 Å². The summed E-state index contributed by atoms with van der Waals surface area (Å²) in [5.41, 5.74) is 10.6. The third-order valence-corrected chi connectivity index (χ3v) is 6.54. The molecule has 0 aliphatic rings. The lowest BCUT2D eigenvalue weighted by molar-refractivity contribution is 0.0600. The first-order valence-electron chi connectivity index (χ1n) is 10.5. The minimum absolute atomic E-state index is 0.170. The van der Waals surface area contributed by atoms with E-state index in [1.165, 1.54) is 18.2 Å². The Bertz CT molecular complexity index is 999. The summed E-state index contributed by atoms with van der Waals surface area (Å²) in [5, 5.41) is 9.77. The molecule has 1 heterocycles. The summed E-state index contributed by atoms with van der Waals surface area (Å²) >= 11 is 1.62. The summed E-state index contributed by atoms with van der Waals surface area (Å²) in [5.74, 6) is 1.51.